The van der Waals surface area contributed by atoms with Crippen LogP contribution in [0.25, 0.3) is 0 Å². The largest absolute Gasteiger partial charge is 0.324 e. The Morgan fingerprint density at radius 2 is 1.64 bits per heavy atom. The van der Waals surface area contributed by atoms with Gasteiger partial charge in [-0.05, 0) is 25.7 Å². The van der Waals surface area contributed by atoms with Crippen molar-refractivity contribution in [3.63, 3.8) is 0 Å². The van der Waals surface area contributed by atoms with Crippen LogP contribution in [0, 0.1) is 0 Å². The van der Waals surface area contributed by atoms with Crippen molar-refractivity contribution in [1.29, 1.82) is 0 Å². The lowest BCUT2D eigenvalue weighted by atomic mass is 9.89. The molecule has 2 saturated carbocycles. The number of urea groups is 1. The standard InChI is InChI=1S/C16H24ClN3OS/c17-14-11-18-15(22-14)19-16(21)20(12-7-3-1-4-8-12)13-9-5-2-6-10-13/h11-13H,1-10H2,(H,18,19,21). The number of nitrogens with zero attached hydrogens (tertiary/aromatic N) is 2. The summed E-state index contributed by atoms with van der Waals surface area (Å²) in [5.74, 6) is 0. The lowest BCUT2D eigenvalue weighted by Gasteiger charge is -2.41. The second-order valence-electron chi connectivity index (χ2n) is 6.39. The molecule has 6 heteroatoms. The summed E-state index contributed by atoms with van der Waals surface area (Å²) in [7, 11) is 0. The molecule has 4 nitrogen and oxygen atoms in total. The predicted molar refractivity (Wildman–Crippen MR) is 91.7 cm³/mol. The van der Waals surface area contributed by atoms with Crippen LogP contribution < -0.4 is 5.32 Å². The molecule has 0 unspecified atom stereocenters. The van der Waals surface area contributed by atoms with Crippen molar-refractivity contribution in [2.45, 2.75) is 76.3 Å². The fourth-order valence-corrected chi connectivity index (χ4v) is 4.62. The smallest absolute Gasteiger partial charge is 0.319 e. The quantitative estimate of drug-likeness (QED) is 0.811. The molecule has 2 aliphatic carbocycles. The first-order chi connectivity index (χ1) is 10.7. The van der Waals surface area contributed by atoms with E-state index in [0.717, 1.165) is 25.7 Å². The number of hydrogen-bond acceptors (Lipinski definition) is 3. The van der Waals surface area contributed by atoms with Crippen LogP contribution in [0.1, 0.15) is 64.2 Å². The molecule has 1 aromatic rings. The summed E-state index contributed by atoms with van der Waals surface area (Å²) in [5.41, 5.74) is 0. The fraction of sp³-hybridized carbons (Fsp3) is 0.750. The van der Waals surface area contributed by atoms with Gasteiger partial charge in [-0.2, -0.15) is 0 Å². The zero-order valence-corrected chi connectivity index (χ0v) is 14.5. The molecule has 1 heterocycles. The molecule has 0 spiro atoms. The minimum atomic E-state index is 0.0183. The van der Waals surface area contributed by atoms with Crippen LogP contribution in [0.3, 0.4) is 0 Å². The first-order valence-electron chi connectivity index (χ1n) is 8.44. The molecular weight excluding hydrogens is 318 g/mol. The molecule has 0 radical (unpaired) electrons. The van der Waals surface area contributed by atoms with E-state index in [2.05, 4.69) is 15.2 Å². The number of aromatic nitrogens is 1. The Morgan fingerprint density at radius 1 is 1.09 bits per heavy atom. The maximum absolute atomic E-state index is 12.9. The lowest BCUT2D eigenvalue weighted by Crippen LogP contribution is -2.50. The highest BCUT2D eigenvalue weighted by Crippen LogP contribution is 2.31. The number of rotatable bonds is 3. The molecule has 2 aliphatic rings. The van der Waals surface area contributed by atoms with Crippen LogP contribution in [0.4, 0.5) is 9.93 Å². The van der Waals surface area contributed by atoms with Gasteiger partial charge in [0.25, 0.3) is 0 Å². The molecule has 1 N–H and O–H groups in total. The van der Waals surface area contributed by atoms with Crippen LogP contribution in [0.15, 0.2) is 6.20 Å². The lowest BCUT2D eigenvalue weighted by molar-refractivity contribution is 0.114. The van der Waals surface area contributed by atoms with Crippen molar-refractivity contribution >= 4 is 34.1 Å². The average molecular weight is 342 g/mol. The van der Waals surface area contributed by atoms with Gasteiger partial charge in [-0.25, -0.2) is 9.78 Å². The van der Waals surface area contributed by atoms with E-state index in [1.165, 1.54) is 49.9 Å². The molecule has 22 heavy (non-hydrogen) atoms. The molecular formula is C16H24ClN3OS. The number of thiazole rings is 1. The molecule has 0 atom stereocenters. The van der Waals surface area contributed by atoms with E-state index < -0.39 is 0 Å². The second kappa shape index (κ2) is 7.64. The molecule has 2 amide bonds. The predicted octanol–water partition coefficient (Wildman–Crippen LogP) is 5.30. The van der Waals surface area contributed by atoms with Crippen LogP contribution in [0.5, 0.6) is 0 Å². The Kier molecular flexibility index (Phi) is 5.58. The van der Waals surface area contributed by atoms with Gasteiger partial charge in [0.1, 0.15) is 4.34 Å². The summed E-state index contributed by atoms with van der Waals surface area (Å²) in [6.07, 6.45) is 13.7. The van der Waals surface area contributed by atoms with Crippen molar-refractivity contribution in [1.82, 2.24) is 9.88 Å². The highest BCUT2D eigenvalue weighted by atomic mass is 35.5. The van der Waals surface area contributed by atoms with Gasteiger partial charge in [0, 0.05) is 12.1 Å². The summed E-state index contributed by atoms with van der Waals surface area (Å²) < 4.78 is 0.609. The van der Waals surface area contributed by atoms with Crippen LogP contribution >= 0.6 is 22.9 Å². The Bertz CT molecular complexity index is 477. The van der Waals surface area contributed by atoms with Crippen LogP contribution in [-0.2, 0) is 0 Å². The highest BCUT2D eigenvalue weighted by molar-refractivity contribution is 7.19. The van der Waals surface area contributed by atoms with E-state index >= 15 is 0 Å². The zero-order chi connectivity index (χ0) is 15.4. The normalized spacial score (nSPS) is 20.8. The van der Waals surface area contributed by atoms with E-state index in [0.29, 0.717) is 21.6 Å². The highest BCUT2D eigenvalue weighted by Gasteiger charge is 2.32. The number of carbonyl (C=O) groups excluding carboxylic acids is 1. The molecule has 0 saturated heterocycles. The molecule has 0 aliphatic heterocycles. The van der Waals surface area contributed by atoms with Crippen LogP contribution in [0.2, 0.25) is 4.34 Å². The number of anilines is 1. The number of nitrogens with one attached hydrogen (secondary N) is 1. The zero-order valence-electron chi connectivity index (χ0n) is 12.9. The molecule has 2 fully saturated rings. The Balaban J connectivity index is 1.72. The van der Waals surface area contributed by atoms with Crippen molar-refractivity contribution in [2.75, 3.05) is 5.32 Å². The van der Waals surface area contributed by atoms with Gasteiger partial charge in [0.2, 0.25) is 0 Å². The molecule has 0 bridgehead atoms. The molecule has 3 rings (SSSR count). The summed E-state index contributed by atoms with van der Waals surface area (Å²) in [4.78, 5) is 19.2. The van der Waals surface area contributed by atoms with Crippen molar-refractivity contribution in [2.24, 2.45) is 0 Å². The Morgan fingerprint density at radius 3 is 2.09 bits per heavy atom. The van der Waals surface area contributed by atoms with E-state index in [1.807, 2.05) is 0 Å². The van der Waals surface area contributed by atoms with Gasteiger partial charge >= 0.3 is 6.03 Å². The third kappa shape index (κ3) is 3.93. The molecule has 0 aromatic carbocycles. The van der Waals surface area contributed by atoms with Gasteiger partial charge in [-0.15, -0.1) is 0 Å². The van der Waals surface area contributed by atoms with Gasteiger partial charge in [-0.1, -0.05) is 61.5 Å². The topological polar surface area (TPSA) is 45.2 Å². The first kappa shape index (κ1) is 16.1. The SMILES string of the molecule is O=C(Nc1ncc(Cl)s1)N(C1CCCCC1)C1CCCCC1. The number of halogens is 1. The number of hydrogen-bond donors (Lipinski definition) is 1. The summed E-state index contributed by atoms with van der Waals surface area (Å²) in [6, 6.07) is 0.810. The van der Waals surface area contributed by atoms with Crippen molar-refractivity contribution < 1.29 is 4.79 Å². The summed E-state index contributed by atoms with van der Waals surface area (Å²) >= 11 is 7.23. The second-order valence-corrected chi connectivity index (χ2v) is 8.05. The van der Waals surface area contributed by atoms with Gasteiger partial charge in [0.05, 0.1) is 6.20 Å². The first-order valence-corrected chi connectivity index (χ1v) is 9.64. The minimum Gasteiger partial charge on any atom is -0.319 e. The van der Waals surface area contributed by atoms with Gasteiger partial charge in [-0.3, -0.25) is 5.32 Å². The van der Waals surface area contributed by atoms with Crippen LogP contribution in [-0.4, -0.2) is 28.0 Å². The Labute approximate surface area is 141 Å². The maximum atomic E-state index is 12.9. The average Bonchev–Trinajstić information content (AvgIpc) is 2.95. The van der Waals surface area contributed by atoms with Crippen molar-refractivity contribution in [3.05, 3.63) is 10.5 Å². The molecule has 122 valence electrons. The number of amides is 2. The Hall–Kier alpha value is -0.810. The van der Waals surface area contributed by atoms with E-state index in [1.54, 1.807) is 6.20 Å². The van der Waals surface area contributed by atoms with E-state index in [-0.39, 0.29) is 6.03 Å². The number of carbonyl (C=O) groups is 1. The van der Waals surface area contributed by atoms with E-state index in [9.17, 15) is 4.79 Å². The van der Waals surface area contributed by atoms with E-state index in [4.69, 9.17) is 11.6 Å². The van der Waals surface area contributed by atoms with Crippen molar-refractivity contribution in [3.8, 4) is 0 Å². The maximum Gasteiger partial charge on any atom is 0.324 e. The van der Waals surface area contributed by atoms with Gasteiger partial charge in [0.15, 0.2) is 5.13 Å². The molecule has 1 aromatic heterocycles. The third-order valence-electron chi connectivity index (χ3n) is 4.86. The van der Waals surface area contributed by atoms with Gasteiger partial charge < -0.3 is 4.90 Å². The minimum absolute atomic E-state index is 0.0183. The fourth-order valence-electron chi connectivity index (χ4n) is 3.82. The third-order valence-corrected chi connectivity index (χ3v) is 5.89. The summed E-state index contributed by atoms with van der Waals surface area (Å²) in [5, 5.41) is 3.57. The summed E-state index contributed by atoms with van der Waals surface area (Å²) in [6.45, 7) is 0. The monoisotopic (exact) mass is 341 g/mol.